The molecule has 0 radical (unpaired) electrons. The standard InChI is InChI=1S/C22H18FN5O3S/c23-15-4-1-3-13(11-15)12-32-22-25-21-24-17-5-2-6-18(29)19(17)20(27(21)26-22)14-7-9-16(10-8-14)28(30)31/h1,3-4,7-11,20H,2,5-6,12H2,(H,24,25,26)/t20-/m0/s1. The van der Waals surface area contributed by atoms with Crippen molar-refractivity contribution in [3.63, 3.8) is 0 Å². The fraction of sp³-hybridized carbons (Fsp3) is 0.227. The Hall–Kier alpha value is -3.53. The average molecular weight is 451 g/mol. The molecule has 1 atom stereocenters. The SMILES string of the molecule is O=C1CCCC2=C1[C@H](c1ccc([N+](=O)[O-])cc1)n1nc(SCc3cccc(F)c3)nc1N2. The minimum atomic E-state index is -0.508. The molecule has 10 heteroatoms. The number of carbonyl (C=O) groups excluding carboxylic acids is 1. The van der Waals surface area contributed by atoms with Crippen LogP contribution in [0.2, 0.25) is 0 Å². The van der Waals surface area contributed by atoms with Crippen LogP contribution in [0.4, 0.5) is 16.0 Å². The van der Waals surface area contributed by atoms with E-state index in [-0.39, 0.29) is 17.3 Å². The zero-order chi connectivity index (χ0) is 22.2. The highest BCUT2D eigenvalue weighted by molar-refractivity contribution is 7.98. The Labute approximate surface area is 186 Å². The Morgan fingerprint density at radius 2 is 2.03 bits per heavy atom. The van der Waals surface area contributed by atoms with E-state index >= 15 is 0 Å². The first-order valence-electron chi connectivity index (χ1n) is 10.1. The van der Waals surface area contributed by atoms with E-state index in [9.17, 15) is 19.3 Å². The molecule has 0 amide bonds. The largest absolute Gasteiger partial charge is 0.328 e. The van der Waals surface area contributed by atoms with Gasteiger partial charge in [0.25, 0.3) is 5.69 Å². The second-order valence-electron chi connectivity index (χ2n) is 7.63. The highest BCUT2D eigenvalue weighted by atomic mass is 32.2. The Morgan fingerprint density at radius 3 is 2.78 bits per heavy atom. The van der Waals surface area contributed by atoms with Crippen LogP contribution in [-0.4, -0.2) is 25.5 Å². The molecule has 5 rings (SSSR count). The van der Waals surface area contributed by atoms with Crippen molar-refractivity contribution in [1.82, 2.24) is 14.8 Å². The van der Waals surface area contributed by atoms with Crippen LogP contribution in [0.5, 0.6) is 0 Å². The average Bonchev–Trinajstić information content (AvgIpc) is 3.19. The lowest BCUT2D eigenvalue weighted by Gasteiger charge is -2.32. The highest BCUT2D eigenvalue weighted by Crippen LogP contribution is 2.41. The number of nitro benzene ring substituents is 1. The van der Waals surface area contributed by atoms with E-state index in [1.54, 1.807) is 22.9 Å². The predicted octanol–water partition coefficient (Wildman–Crippen LogP) is 4.64. The highest BCUT2D eigenvalue weighted by Gasteiger charge is 2.37. The number of hydrogen-bond acceptors (Lipinski definition) is 7. The number of fused-ring (bicyclic) bond motifs is 1. The quantitative estimate of drug-likeness (QED) is 0.342. The minimum Gasteiger partial charge on any atom is -0.328 e. The molecule has 0 unspecified atom stereocenters. The van der Waals surface area contributed by atoms with Crippen molar-refractivity contribution in [1.29, 1.82) is 0 Å². The Morgan fingerprint density at radius 1 is 1.22 bits per heavy atom. The van der Waals surface area contributed by atoms with Gasteiger partial charge in [-0.25, -0.2) is 9.07 Å². The maximum Gasteiger partial charge on any atom is 0.269 e. The molecule has 32 heavy (non-hydrogen) atoms. The summed E-state index contributed by atoms with van der Waals surface area (Å²) in [6.07, 6.45) is 1.94. The van der Waals surface area contributed by atoms with E-state index in [1.165, 1.54) is 36.0 Å². The third kappa shape index (κ3) is 3.77. The molecular weight excluding hydrogens is 433 g/mol. The summed E-state index contributed by atoms with van der Waals surface area (Å²) in [4.78, 5) is 28.0. The van der Waals surface area contributed by atoms with Gasteiger partial charge in [-0.1, -0.05) is 23.9 Å². The number of allylic oxidation sites excluding steroid dienone is 2. The molecule has 0 saturated carbocycles. The lowest BCUT2D eigenvalue weighted by atomic mass is 9.85. The van der Waals surface area contributed by atoms with Crippen LogP contribution in [0.3, 0.4) is 0 Å². The second kappa shape index (κ2) is 8.19. The third-order valence-corrected chi connectivity index (χ3v) is 6.43. The van der Waals surface area contributed by atoms with Crippen molar-refractivity contribution < 1.29 is 14.1 Å². The Bertz CT molecular complexity index is 1250. The molecule has 8 nitrogen and oxygen atoms in total. The van der Waals surface area contributed by atoms with Crippen molar-refractivity contribution in [2.24, 2.45) is 0 Å². The molecule has 1 aliphatic carbocycles. The summed E-state index contributed by atoms with van der Waals surface area (Å²) in [5.41, 5.74) is 2.98. The van der Waals surface area contributed by atoms with Gasteiger partial charge in [-0.2, -0.15) is 4.98 Å². The molecular formula is C22H18FN5O3S. The van der Waals surface area contributed by atoms with Crippen LogP contribution in [-0.2, 0) is 10.5 Å². The summed E-state index contributed by atoms with van der Waals surface area (Å²) in [6, 6.07) is 12.0. The van der Waals surface area contributed by atoms with Gasteiger partial charge in [-0.05, 0) is 48.2 Å². The van der Waals surface area contributed by atoms with Crippen LogP contribution < -0.4 is 5.32 Å². The zero-order valence-corrected chi connectivity index (χ0v) is 17.6. The monoisotopic (exact) mass is 451 g/mol. The number of non-ortho nitro benzene ring substituents is 1. The van der Waals surface area contributed by atoms with E-state index in [0.29, 0.717) is 28.9 Å². The molecule has 0 saturated heterocycles. The summed E-state index contributed by atoms with van der Waals surface area (Å²) in [6.45, 7) is 0. The Kier molecular flexibility index (Phi) is 5.22. The third-order valence-electron chi connectivity index (χ3n) is 5.53. The van der Waals surface area contributed by atoms with Gasteiger partial charge in [-0.3, -0.25) is 14.9 Å². The van der Waals surface area contributed by atoms with Gasteiger partial charge in [0.05, 0.1) is 4.92 Å². The maximum absolute atomic E-state index is 13.5. The number of aromatic nitrogens is 3. The van der Waals surface area contributed by atoms with Gasteiger partial charge >= 0.3 is 0 Å². The van der Waals surface area contributed by atoms with E-state index < -0.39 is 11.0 Å². The van der Waals surface area contributed by atoms with Crippen molar-refractivity contribution in [2.45, 2.75) is 36.2 Å². The van der Waals surface area contributed by atoms with E-state index in [0.717, 1.165) is 29.7 Å². The Balaban J connectivity index is 1.50. The van der Waals surface area contributed by atoms with Crippen molar-refractivity contribution in [2.75, 3.05) is 5.32 Å². The first-order chi connectivity index (χ1) is 15.5. The normalized spacial score (nSPS) is 17.5. The number of carbonyl (C=O) groups is 1. The summed E-state index contributed by atoms with van der Waals surface area (Å²) in [5.74, 6) is 0.756. The van der Waals surface area contributed by atoms with Gasteiger partial charge in [0.1, 0.15) is 11.9 Å². The number of anilines is 1. The van der Waals surface area contributed by atoms with E-state index in [1.807, 2.05) is 6.07 Å². The first kappa shape index (κ1) is 20.4. The van der Waals surface area contributed by atoms with Crippen LogP contribution >= 0.6 is 11.8 Å². The molecule has 2 aliphatic rings. The first-order valence-corrected chi connectivity index (χ1v) is 11.1. The molecule has 3 aromatic rings. The molecule has 0 spiro atoms. The summed E-state index contributed by atoms with van der Waals surface area (Å²) >= 11 is 1.37. The van der Waals surface area contributed by atoms with Gasteiger partial charge in [0.15, 0.2) is 5.78 Å². The molecule has 2 aromatic carbocycles. The molecule has 0 fully saturated rings. The summed E-state index contributed by atoms with van der Waals surface area (Å²) < 4.78 is 15.1. The van der Waals surface area contributed by atoms with E-state index in [4.69, 9.17) is 0 Å². The number of halogens is 1. The van der Waals surface area contributed by atoms with Crippen molar-refractivity contribution >= 4 is 29.2 Å². The summed E-state index contributed by atoms with van der Waals surface area (Å²) in [5, 5.41) is 19.4. The van der Waals surface area contributed by atoms with E-state index in [2.05, 4.69) is 15.4 Å². The molecule has 0 bridgehead atoms. The van der Waals surface area contributed by atoms with Crippen LogP contribution in [0.25, 0.3) is 0 Å². The number of ketones is 1. The van der Waals surface area contributed by atoms with Gasteiger partial charge in [0, 0.05) is 35.6 Å². The zero-order valence-electron chi connectivity index (χ0n) is 16.8. The number of rotatable bonds is 5. The molecule has 1 aliphatic heterocycles. The van der Waals surface area contributed by atoms with Gasteiger partial charge < -0.3 is 5.32 Å². The van der Waals surface area contributed by atoms with Crippen LogP contribution in [0, 0.1) is 15.9 Å². The molecule has 162 valence electrons. The fourth-order valence-corrected chi connectivity index (χ4v) is 4.83. The number of nitrogens with one attached hydrogen (secondary N) is 1. The lowest BCUT2D eigenvalue weighted by Crippen LogP contribution is -2.31. The molecule has 2 heterocycles. The number of benzene rings is 2. The van der Waals surface area contributed by atoms with Gasteiger partial charge in [0.2, 0.25) is 11.1 Å². The smallest absolute Gasteiger partial charge is 0.269 e. The lowest BCUT2D eigenvalue weighted by molar-refractivity contribution is -0.384. The summed E-state index contributed by atoms with van der Waals surface area (Å²) in [7, 11) is 0. The minimum absolute atomic E-state index is 0.0167. The fourth-order valence-electron chi connectivity index (χ4n) is 4.06. The number of nitro groups is 1. The van der Waals surface area contributed by atoms with Crippen LogP contribution in [0.15, 0.2) is 65.0 Å². The number of hydrogen-bond donors (Lipinski definition) is 1. The van der Waals surface area contributed by atoms with Crippen LogP contribution in [0.1, 0.15) is 36.4 Å². The number of thioether (sulfide) groups is 1. The topological polar surface area (TPSA) is 103 Å². The second-order valence-corrected chi connectivity index (χ2v) is 8.57. The molecule has 1 N–H and O–H groups in total. The number of nitrogens with zero attached hydrogens (tertiary/aromatic N) is 4. The molecule has 1 aromatic heterocycles. The predicted molar refractivity (Wildman–Crippen MR) is 117 cm³/mol. The number of Topliss-reactive ketones (excluding diaryl/α,β-unsaturated/α-hetero) is 1. The maximum atomic E-state index is 13.5. The van der Waals surface area contributed by atoms with Gasteiger partial charge in [-0.15, -0.1) is 5.10 Å². The van der Waals surface area contributed by atoms with Crippen molar-refractivity contribution in [3.8, 4) is 0 Å². The van der Waals surface area contributed by atoms with Crippen molar-refractivity contribution in [3.05, 3.63) is 86.9 Å².